The van der Waals surface area contributed by atoms with Gasteiger partial charge in [0.1, 0.15) is 12.9 Å². The maximum Gasteiger partial charge on any atom is 0.163 e. The molecule has 1 fully saturated rings. The van der Waals surface area contributed by atoms with Gasteiger partial charge < -0.3 is 23.7 Å². The lowest BCUT2D eigenvalue weighted by atomic mass is 9.96. The molecule has 0 radical (unpaired) electrons. The molecule has 0 aliphatic carbocycles. The fraction of sp³-hybridized carbons (Fsp3) is 0.947. The summed E-state index contributed by atoms with van der Waals surface area (Å²) >= 11 is 0. The van der Waals surface area contributed by atoms with E-state index in [-0.39, 0.29) is 24.6 Å². The molecule has 1 saturated heterocycles. The molecular weight excluding hydrogens is 324 g/mol. The number of Topliss-reactive ketones (excluding diaryl/α,β-unsaturated/α-hetero) is 1. The first-order chi connectivity index (χ1) is 11.7. The Bertz CT molecular complexity index is 317. The Kier molecular flexibility index (Phi) is 16.8. The largest absolute Gasteiger partial charge is 0.385 e. The highest BCUT2D eigenvalue weighted by Crippen LogP contribution is 2.29. The van der Waals surface area contributed by atoms with E-state index in [4.69, 9.17) is 23.7 Å². The minimum Gasteiger partial charge on any atom is -0.385 e. The van der Waals surface area contributed by atoms with Gasteiger partial charge in [-0.2, -0.15) is 0 Å². The number of ether oxygens (including phenoxy) is 5. The Morgan fingerprint density at radius 2 is 1.76 bits per heavy atom. The number of rotatable bonds is 8. The Morgan fingerprint density at radius 1 is 1.20 bits per heavy atom. The first-order valence-corrected chi connectivity index (χ1v) is 9.12. The number of carbonyl (C=O) groups is 1. The van der Waals surface area contributed by atoms with Gasteiger partial charge in [0.25, 0.3) is 0 Å². The van der Waals surface area contributed by atoms with E-state index in [2.05, 4.69) is 20.8 Å². The van der Waals surface area contributed by atoms with Gasteiger partial charge in [-0.3, -0.25) is 4.79 Å². The lowest BCUT2D eigenvalue weighted by Crippen LogP contribution is -2.39. The molecule has 0 aromatic rings. The van der Waals surface area contributed by atoms with Crippen LogP contribution in [0.4, 0.5) is 0 Å². The molecule has 0 aromatic carbocycles. The molecule has 1 aliphatic rings. The van der Waals surface area contributed by atoms with Gasteiger partial charge >= 0.3 is 0 Å². The van der Waals surface area contributed by atoms with Crippen LogP contribution in [0.3, 0.4) is 0 Å². The van der Waals surface area contributed by atoms with Crippen molar-refractivity contribution in [1.82, 2.24) is 0 Å². The Labute approximate surface area is 154 Å². The summed E-state index contributed by atoms with van der Waals surface area (Å²) in [7, 11) is 3.24. The van der Waals surface area contributed by atoms with E-state index in [0.717, 1.165) is 13.0 Å². The Hall–Kier alpha value is -0.530. The summed E-state index contributed by atoms with van der Waals surface area (Å²) < 4.78 is 26.1. The van der Waals surface area contributed by atoms with Gasteiger partial charge in [0.15, 0.2) is 11.6 Å². The first kappa shape index (κ1) is 26.7. The van der Waals surface area contributed by atoms with E-state index < -0.39 is 11.9 Å². The summed E-state index contributed by atoms with van der Waals surface area (Å²) in [5.74, 6) is -0.672. The number of hydrogen-bond acceptors (Lipinski definition) is 6. The smallest absolute Gasteiger partial charge is 0.163 e. The lowest BCUT2D eigenvalue weighted by molar-refractivity contribution is -0.165. The molecular formula is C19H40O6. The van der Waals surface area contributed by atoms with Gasteiger partial charge in [0.2, 0.25) is 0 Å². The second-order valence-corrected chi connectivity index (χ2v) is 6.53. The van der Waals surface area contributed by atoms with Gasteiger partial charge in [-0.05, 0) is 27.2 Å². The van der Waals surface area contributed by atoms with Crippen molar-refractivity contribution >= 4 is 5.78 Å². The van der Waals surface area contributed by atoms with E-state index in [1.165, 1.54) is 20.5 Å². The van der Waals surface area contributed by atoms with Crippen molar-refractivity contribution in [3.8, 4) is 0 Å². The molecule has 3 unspecified atom stereocenters. The van der Waals surface area contributed by atoms with Crippen LogP contribution in [0.5, 0.6) is 0 Å². The minimum absolute atomic E-state index is 0.0251. The van der Waals surface area contributed by atoms with E-state index in [1.807, 2.05) is 20.8 Å². The molecule has 152 valence electrons. The van der Waals surface area contributed by atoms with Gasteiger partial charge in [-0.25, -0.2) is 0 Å². The summed E-state index contributed by atoms with van der Waals surface area (Å²) in [5.41, 5.74) is 0. The van der Waals surface area contributed by atoms with Crippen LogP contribution >= 0.6 is 0 Å². The van der Waals surface area contributed by atoms with E-state index in [9.17, 15) is 4.79 Å². The van der Waals surface area contributed by atoms with Crippen LogP contribution < -0.4 is 0 Å². The number of hydrogen-bond donors (Lipinski definition) is 0. The quantitative estimate of drug-likeness (QED) is 0.610. The van der Waals surface area contributed by atoms with Crippen LogP contribution in [-0.4, -0.2) is 58.0 Å². The normalized spacial score (nSPS) is 20.6. The van der Waals surface area contributed by atoms with E-state index in [1.54, 1.807) is 7.11 Å². The molecule has 1 aliphatic heterocycles. The van der Waals surface area contributed by atoms with Crippen molar-refractivity contribution in [1.29, 1.82) is 0 Å². The average molecular weight is 365 g/mol. The third-order valence-corrected chi connectivity index (χ3v) is 3.27. The van der Waals surface area contributed by atoms with E-state index in [0.29, 0.717) is 6.61 Å². The topological polar surface area (TPSA) is 63.2 Å². The predicted molar refractivity (Wildman–Crippen MR) is 99.6 cm³/mol. The molecule has 0 saturated carbocycles. The monoisotopic (exact) mass is 364 g/mol. The second-order valence-electron chi connectivity index (χ2n) is 6.53. The van der Waals surface area contributed by atoms with Gasteiger partial charge in [0.05, 0.1) is 12.7 Å². The van der Waals surface area contributed by atoms with Crippen molar-refractivity contribution in [2.24, 2.45) is 5.92 Å². The van der Waals surface area contributed by atoms with Crippen LogP contribution in [0.1, 0.15) is 61.3 Å². The summed E-state index contributed by atoms with van der Waals surface area (Å²) in [6, 6.07) is 0. The maximum absolute atomic E-state index is 11.5. The predicted octanol–water partition coefficient (Wildman–Crippen LogP) is 3.81. The summed E-state index contributed by atoms with van der Waals surface area (Å²) in [5, 5.41) is 0. The fourth-order valence-electron chi connectivity index (χ4n) is 2.15. The SMILES string of the molecule is CCC.CCCOC.COCOC(C(C)=O)C(C)C1COC(C)(C)O1. The second kappa shape index (κ2) is 15.7. The van der Waals surface area contributed by atoms with Gasteiger partial charge in [-0.1, -0.05) is 34.1 Å². The molecule has 6 heteroatoms. The third-order valence-electron chi connectivity index (χ3n) is 3.27. The van der Waals surface area contributed by atoms with Crippen LogP contribution in [0.2, 0.25) is 0 Å². The number of methoxy groups -OCH3 is 2. The lowest BCUT2D eigenvalue weighted by Gasteiger charge is -2.26. The average Bonchev–Trinajstić information content (AvgIpc) is 2.89. The van der Waals surface area contributed by atoms with Gasteiger partial charge in [-0.15, -0.1) is 0 Å². The van der Waals surface area contributed by atoms with Crippen LogP contribution in [0.15, 0.2) is 0 Å². The number of ketones is 1. The summed E-state index contributed by atoms with van der Waals surface area (Å²) in [4.78, 5) is 11.5. The molecule has 0 aromatic heterocycles. The molecule has 0 bridgehead atoms. The fourth-order valence-corrected chi connectivity index (χ4v) is 2.15. The molecule has 1 rings (SSSR count). The highest BCUT2D eigenvalue weighted by atomic mass is 16.7. The third kappa shape index (κ3) is 13.3. The van der Waals surface area contributed by atoms with Crippen LogP contribution in [-0.2, 0) is 28.5 Å². The molecule has 1 heterocycles. The highest BCUT2D eigenvalue weighted by molar-refractivity contribution is 5.80. The van der Waals surface area contributed by atoms with Crippen molar-refractivity contribution in [3.63, 3.8) is 0 Å². The van der Waals surface area contributed by atoms with Crippen molar-refractivity contribution in [3.05, 3.63) is 0 Å². The minimum atomic E-state index is -0.582. The molecule has 0 spiro atoms. The zero-order chi connectivity index (χ0) is 19.9. The van der Waals surface area contributed by atoms with Crippen LogP contribution in [0.25, 0.3) is 0 Å². The zero-order valence-corrected chi connectivity index (χ0v) is 17.7. The van der Waals surface area contributed by atoms with E-state index >= 15 is 0 Å². The zero-order valence-electron chi connectivity index (χ0n) is 17.7. The maximum atomic E-state index is 11.5. The van der Waals surface area contributed by atoms with Crippen molar-refractivity contribution in [2.45, 2.75) is 79.3 Å². The Morgan fingerprint density at radius 3 is 2.04 bits per heavy atom. The number of carbonyl (C=O) groups excluding carboxylic acids is 1. The summed E-state index contributed by atoms with van der Waals surface area (Å²) in [6.07, 6.45) is 1.73. The molecule has 0 N–H and O–H groups in total. The van der Waals surface area contributed by atoms with Crippen LogP contribution in [0, 0.1) is 5.92 Å². The Balaban J connectivity index is 0. The molecule has 6 nitrogen and oxygen atoms in total. The highest BCUT2D eigenvalue weighted by Gasteiger charge is 2.40. The standard InChI is InChI=1S/C12H22O5.C4H10O.C3H8/c1-8(10-6-16-12(3,4)17-10)11(9(2)13)15-7-14-5;1-3-4-5-2;1-3-2/h8,10-11H,6-7H2,1-5H3;3-4H2,1-2H3;3H2,1-2H3. The van der Waals surface area contributed by atoms with Gasteiger partial charge in [0, 0.05) is 26.7 Å². The molecule has 0 amide bonds. The molecule has 25 heavy (non-hydrogen) atoms. The summed E-state index contributed by atoms with van der Waals surface area (Å²) in [6.45, 7) is 15.0. The van der Waals surface area contributed by atoms with Crippen molar-refractivity contribution < 1.29 is 28.5 Å². The first-order valence-electron chi connectivity index (χ1n) is 9.12. The molecule has 3 atom stereocenters. The van der Waals surface area contributed by atoms with Crippen molar-refractivity contribution in [2.75, 3.05) is 34.2 Å².